The maximum absolute atomic E-state index is 12.4. The van der Waals surface area contributed by atoms with Crippen LogP contribution in [0.15, 0.2) is 11.8 Å². The second-order valence-corrected chi connectivity index (χ2v) is 7.24. The topological polar surface area (TPSA) is 97.0 Å². The predicted octanol–water partition coefficient (Wildman–Crippen LogP) is 1.81. The molecule has 0 aromatic heterocycles. The standard InChI is InChI=1S/C20H33N3O5/c1-2-11-21-20(26)17(23-12-4-5-13-23)15-16(24)8-7-9-18(25)22-28-19-10-3-6-14-27-19/h15,19H,2-14H2,1H3,(H,21,26)(H,22,25). The van der Waals surface area contributed by atoms with Gasteiger partial charge in [-0.3, -0.25) is 14.4 Å². The van der Waals surface area contributed by atoms with Crippen LogP contribution in [0.2, 0.25) is 0 Å². The monoisotopic (exact) mass is 395 g/mol. The number of carbonyl (C=O) groups is 3. The molecular weight excluding hydrogens is 362 g/mol. The van der Waals surface area contributed by atoms with Crippen molar-refractivity contribution >= 4 is 17.6 Å². The van der Waals surface area contributed by atoms with Crippen molar-refractivity contribution in [3.63, 3.8) is 0 Å². The van der Waals surface area contributed by atoms with E-state index in [2.05, 4.69) is 10.8 Å². The number of allylic oxidation sites excluding steroid dienone is 1. The SMILES string of the molecule is CCCNC(=O)C(=CC(=O)CCCC(=O)NOC1CCCCO1)N1CCCC1. The lowest BCUT2D eigenvalue weighted by molar-refractivity contribution is -0.200. The Labute approximate surface area is 166 Å². The van der Waals surface area contributed by atoms with Gasteiger partial charge in [-0.2, -0.15) is 0 Å². The third-order valence-electron chi connectivity index (χ3n) is 4.78. The zero-order valence-corrected chi connectivity index (χ0v) is 16.8. The first kappa shape index (κ1) is 22.4. The molecule has 0 spiro atoms. The summed E-state index contributed by atoms with van der Waals surface area (Å²) in [5.41, 5.74) is 2.83. The molecule has 0 aromatic carbocycles. The Morgan fingerprint density at radius 1 is 1.14 bits per heavy atom. The summed E-state index contributed by atoms with van der Waals surface area (Å²) in [6.07, 6.45) is 7.55. The molecule has 2 rings (SSSR count). The van der Waals surface area contributed by atoms with E-state index in [0.717, 1.165) is 51.6 Å². The number of hydrogen-bond acceptors (Lipinski definition) is 6. The van der Waals surface area contributed by atoms with Crippen LogP contribution in [0.4, 0.5) is 0 Å². The highest BCUT2D eigenvalue weighted by Crippen LogP contribution is 2.16. The summed E-state index contributed by atoms with van der Waals surface area (Å²) < 4.78 is 5.37. The van der Waals surface area contributed by atoms with Crippen molar-refractivity contribution in [3.05, 3.63) is 11.8 Å². The lowest BCUT2D eigenvalue weighted by Crippen LogP contribution is -2.34. The van der Waals surface area contributed by atoms with Crippen LogP contribution in [-0.4, -0.2) is 55.0 Å². The number of nitrogens with zero attached hydrogens (tertiary/aromatic N) is 1. The summed E-state index contributed by atoms with van der Waals surface area (Å²) in [5, 5.41) is 2.84. The van der Waals surface area contributed by atoms with Crippen LogP contribution in [0.1, 0.15) is 64.7 Å². The van der Waals surface area contributed by atoms with Crippen molar-refractivity contribution in [3.8, 4) is 0 Å². The number of likely N-dealkylation sites (tertiary alicyclic amines) is 1. The van der Waals surface area contributed by atoms with E-state index in [1.807, 2.05) is 11.8 Å². The van der Waals surface area contributed by atoms with Gasteiger partial charge in [0.15, 0.2) is 12.1 Å². The Morgan fingerprint density at radius 3 is 2.61 bits per heavy atom. The number of hydroxylamine groups is 1. The molecule has 158 valence electrons. The molecule has 0 bridgehead atoms. The molecule has 8 heteroatoms. The van der Waals surface area contributed by atoms with Crippen molar-refractivity contribution in [2.24, 2.45) is 0 Å². The Kier molecular flexibility index (Phi) is 9.99. The number of rotatable bonds is 11. The molecule has 2 heterocycles. The summed E-state index contributed by atoms with van der Waals surface area (Å²) in [5.74, 6) is -0.611. The number of carbonyl (C=O) groups excluding carboxylic acids is 3. The molecular formula is C20H33N3O5. The molecule has 2 N–H and O–H groups in total. The molecule has 2 aliphatic heterocycles. The summed E-state index contributed by atoms with van der Waals surface area (Å²) >= 11 is 0. The number of hydrogen-bond donors (Lipinski definition) is 2. The number of ketones is 1. The molecule has 2 amide bonds. The van der Waals surface area contributed by atoms with Gasteiger partial charge in [0.25, 0.3) is 5.91 Å². The highest BCUT2D eigenvalue weighted by molar-refractivity contribution is 6.01. The molecule has 0 saturated carbocycles. The van der Waals surface area contributed by atoms with Gasteiger partial charge in [0.05, 0.1) is 0 Å². The van der Waals surface area contributed by atoms with Gasteiger partial charge in [-0.15, -0.1) is 0 Å². The quantitative estimate of drug-likeness (QED) is 0.409. The molecule has 2 aliphatic rings. The van der Waals surface area contributed by atoms with E-state index in [-0.39, 0.29) is 36.7 Å². The van der Waals surface area contributed by atoms with Gasteiger partial charge < -0.3 is 15.0 Å². The van der Waals surface area contributed by atoms with Gasteiger partial charge in [0.2, 0.25) is 5.91 Å². The fourth-order valence-electron chi connectivity index (χ4n) is 3.22. The van der Waals surface area contributed by atoms with Crippen LogP contribution >= 0.6 is 0 Å². The molecule has 8 nitrogen and oxygen atoms in total. The van der Waals surface area contributed by atoms with Gasteiger partial charge in [-0.1, -0.05) is 6.92 Å². The minimum Gasteiger partial charge on any atom is -0.367 e. The number of amides is 2. The molecule has 28 heavy (non-hydrogen) atoms. The lowest BCUT2D eigenvalue weighted by Gasteiger charge is -2.22. The van der Waals surface area contributed by atoms with Crippen molar-refractivity contribution < 1.29 is 24.0 Å². The second kappa shape index (κ2) is 12.5. The zero-order chi connectivity index (χ0) is 20.2. The van der Waals surface area contributed by atoms with Crippen LogP contribution < -0.4 is 10.8 Å². The Bertz CT molecular complexity index is 552. The minimum absolute atomic E-state index is 0.141. The van der Waals surface area contributed by atoms with Gasteiger partial charge in [0.1, 0.15) is 5.70 Å². The number of nitrogens with one attached hydrogen (secondary N) is 2. The highest BCUT2D eigenvalue weighted by Gasteiger charge is 2.22. The fourth-order valence-corrected chi connectivity index (χ4v) is 3.22. The van der Waals surface area contributed by atoms with Crippen molar-refractivity contribution in [2.75, 3.05) is 26.2 Å². The van der Waals surface area contributed by atoms with E-state index in [0.29, 0.717) is 25.3 Å². The molecule has 0 radical (unpaired) electrons. The number of ether oxygens (including phenoxy) is 1. The largest absolute Gasteiger partial charge is 0.367 e. The molecule has 0 aromatic rings. The van der Waals surface area contributed by atoms with Gasteiger partial charge in [-0.05, 0) is 38.5 Å². The summed E-state index contributed by atoms with van der Waals surface area (Å²) in [6.45, 7) is 4.80. The van der Waals surface area contributed by atoms with Crippen LogP contribution in [0.5, 0.6) is 0 Å². The third-order valence-corrected chi connectivity index (χ3v) is 4.78. The summed E-state index contributed by atoms with van der Waals surface area (Å²) in [7, 11) is 0. The Morgan fingerprint density at radius 2 is 1.93 bits per heavy atom. The first-order valence-corrected chi connectivity index (χ1v) is 10.4. The van der Waals surface area contributed by atoms with Gasteiger partial charge in [-0.25, -0.2) is 10.3 Å². The van der Waals surface area contributed by atoms with Crippen LogP contribution in [0, 0.1) is 0 Å². The van der Waals surface area contributed by atoms with Crippen molar-refractivity contribution in [1.82, 2.24) is 15.7 Å². The maximum atomic E-state index is 12.4. The van der Waals surface area contributed by atoms with E-state index in [9.17, 15) is 14.4 Å². The molecule has 2 saturated heterocycles. The van der Waals surface area contributed by atoms with Crippen LogP contribution in [0.25, 0.3) is 0 Å². The minimum atomic E-state index is -0.382. The van der Waals surface area contributed by atoms with Gasteiger partial charge in [0, 0.05) is 51.6 Å². The first-order chi connectivity index (χ1) is 13.6. The summed E-state index contributed by atoms with van der Waals surface area (Å²) in [4.78, 5) is 43.7. The molecule has 1 atom stereocenters. The predicted molar refractivity (Wildman–Crippen MR) is 104 cm³/mol. The van der Waals surface area contributed by atoms with E-state index >= 15 is 0 Å². The zero-order valence-electron chi connectivity index (χ0n) is 16.8. The van der Waals surface area contributed by atoms with Gasteiger partial charge >= 0.3 is 0 Å². The highest BCUT2D eigenvalue weighted by atomic mass is 16.8. The molecule has 2 fully saturated rings. The van der Waals surface area contributed by atoms with Crippen LogP contribution in [0.3, 0.4) is 0 Å². The maximum Gasteiger partial charge on any atom is 0.267 e. The second-order valence-electron chi connectivity index (χ2n) is 7.24. The average Bonchev–Trinajstić information content (AvgIpc) is 3.24. The Hall–Kier alpha value is -1.93. The van der Waals surface area contributed by atoms with E-state index in [4.69, 9.17) is 9.57 Å². The molecule has 0 aliphatic carbocycles. The van der Waals surface area contributed by atoms with E-state index in [1.165, 1.54) is 6.08 Å². The lowest BCUT2D eigenvalue weighted by atomic mass is 10.1. The van der Waals surface area contributed by atoms with E-state index in [1.54, 1.807) is 0 Å². The van der Waals surface area contributed by atoms with E-state index < -0.39 is 0 Å². The first-order valence-electron chi connectivity index (χ1n) is 10.4. The fraction of sp³-hybridized carbons (Fsp3) is 0.750. The summed E-state index contributed by atoms with van der Waals surface area (Å²) in [6, 6.07) is 0. The van der Waals surface area contributed by atoms with Crippen molar-refractivity contribution in [1.29, 1.82) is 0 Å². The third kappa shape index (κ3) is 7.98. The van der Waals surface area contributed by atoms with Crippen molar-refractivity contribution in [2.45, 2.75) is 71.0 Å². The Balaban J connectivity index is 1.73. The normalized spacial score (nSPS) is 20.1. The smallest absolute Gasteiger partial charge is 0.267 e. The van der Waals surface area contributed by atoms with Crippen LogP contribution in [-0.2, 0) is 24.0 Å². The molecule has 1 unspecified atom stereocenters. The average molecular weight is 396 g/mol.